The van der Waals surface area contributed by atoms with E-state index in [0.29, 0.717) is 26.2 Å². The Labute approximate surface area is 114 Å². The number of carbonyl (C=O) groups excluding carboxylic acids is 1. The summed E-state index contributed by atoms with van der Waals surface area (Å²) in [6.45, 7) is 4.23. The van der Waals surface area contributed by atoms with Gasteiger partial charge >= 0.3 is 0 Å². The molecule has 0 radical (unpaired) electrons. The average molecular weight is 262 g/mol. The Balaban J connectivity index is 1.61. The lowest BCUT2D eigenvalue weighted by Gasteiger charge is -2.45. The normalized spacial score (nSPS) is 17.8. The summed E-state index contributed by atoms with van der Waals surface area (Å²) in [7, 11) is 0. The summed E-state index contributed by atoms with van der Waals surface area (Å²) < 4.78 is 0. The highest BCUT2D eigenvalue weighted by atomic mass is 16.3. The van der Waals surface area contributed by atoms with E-state index in [2.05, 4.69) is 17.4 Å². The number of hydrogen-bond acceptors (Lipinski definition) is 3. The van der Waals surface area contributed by atoms with E-state index in [1.165, 1.54) is 5.56 Å². The fraction of sp³-hybridized carbons (Fsp3) is 0.533. The zero-order chi connectivity index (χ0) is 13.7. The maximum atomic E-state index is 11.7. The lowest BCUT2D eigenvalue weighted by Crippen LogP contribution is -2.63. The summed E-state index contributed by atoms with van der Waals surface area (Å²) in [5.41, 5.74) is 0.664. The minimum Gasteiger partial charge on any atom is -0.387 e. The van der Waals surface area contributed by atoms with E-state index < -0.39 is 5.60 Å². The van der Waals surface area contributed by atoms with Crippen LogP contribution in [0, 0.1) is 0 Å². The first-order valence-electron chi connectivity index (χ1n) is 6.87. The predicted molar refractivity (Wildman–Crippen MR) is 74.8 cm³/mol. The Morgan fingerprint density at radius 1 is 1.37 bits per heavy atom. The number of nitrogens with one attached hydrogen (secondary N) is 1. The van der Waals surface area contributed by atoms with Crippen LogP contribution < -0.4 is 5.32 Å². The third-order valence-electron chi connectivity index (χ3n) is 3.64. The topological polar surface area (TPSA) is 52.6 Å². The van der Waals surface area contributed by atoms with Crippen molar-refractivity contribution in [2.75, 3.05) is 26.2 Å². The van der Waals surface area contributed by atoms with Crippen LogP contribution in [0.25, 0.3) is 0 Å². The molecule has 0 bridgehead atoms. The standard InChI is InChI=1S/C15H22N2O2/c1-2-15(19)11-17(12-15)10-14(18)16-9-8-13-6-4-3-5-7-13/h3-7,19H,2,8-12H2,1H3,(H,16,18). The highest BCUT2D eigenvalue weighted by molar-refractivity contribution is 5.78. The number of carbonyl (C=O) groups is 1. The molecule has 0 unspecified atom stereocenters. The molecular weight excluding hydrogens is 240 g/mol. The van der Waals surface area contributed by atoms with Crippen molar-refractivity contribution in [1.82, 2.24) is 10.2 Å². The van der Waals surface area contributed by atoms with Crippen molar-refractivity contribution in [2.24, 2.45) is 0 Å². The fourth-order valence-corrected chi connectivity index (χ4v) is 2.37. The van der Waals surface area contributed by atoms with Crippen LogP contribution >= 0.6 is 0 Å². The molecule has 1 saturated heterocycles. The SMILES string of the molecule is CCC1(O)CN(CC(=O)NCCc2ccccc2)C1. The zero-order valence-corrected chi connectivity index (χ0v) is 11.4. The lowest BCUT2D eigenvalue weighted by atomic mass is 9.91. The van der Waals surface area contributed by atoms with Crippen LogP contribution in [0.4, 0.5) is 0 Å². The van der Waals surface area contributed by atoms with Gasteiger partial charge in [0.2, 0.25) is 5.91 Å². The van der Waals surface area contributed by atoms with Gasteiger partial charge < -0.3 is 10.4 Å². The van der Waals surface area contributed by atoms with Crippen LogP contribution in [0.2, 0.25) is 0 Å². The molecule has 1 aromatic carbocycles. The number of aliphatic hydroxyl groups is 1. The number of β-amino-alcohol motifs (C(OH)–C–C–N with tert-alkyl or cyclic N) is 1. The third-order valence-corrected chi connectivity index (χ3v) is 3.64. The Morgan fingerprint density at radius 3 is 2.68 bits per heavy atom. The van der Waals surface area contributed by atoms with E-state index in [4.69, 9.17) is 0 Å². The Hall–Kier alpha value is -1.39. The monoisotopic (exact) mass is 262 g/mol. The predicted octanol–water partition coefficient (Wildman–Crippen LogP) is 0.802. The van der Waals surface area contributed by atoms with Crippen LogP contribution in [0.3, 0.4) is 0 Å². The number of likely N-dealkylation sites (tertiary alicyclic amines) is 1. The van der Waals surface area contributed by atoms with Gasteiger partial charge in [0.15, 0.2) is 0 Å². The lowest BCUT2D eigenvalue weighted by molar-refractivity contribution is -0.132. The van der Waals surface area contributed by atoms with E-state index in [-0.39, 0.29) is 5.91 Å². The highest BCUT2D eigenvalue weighted by Crippen LogP contribution is 2.23. The molecule has 1 aliphatic rings. The van der Waals surface area contributed by atoms with Gasteiger partial charge in [0.05, 0.1) is 12.1 Å². The van der Waals surface area contributed by atoms with Crippen molar-refractivity contribution in [1.29, 1.82) is 0 Å². The molecule has 0 atom stereocenters. The second kappa shape index (κ2) is 6.17. The summed E-state index contributed by atoms with van der Waals surface area (Å²) >= 11 is 0. The second-order valence-corrected chi connectivity index (χ2v) is 5.31. The second-order valence-electron chi connectivity index (χ2n) is 5.31. The fourth-order valence-electron chi connectivity index (χ4n) is 2.37. The Bertz CT molecular complexity index is 413. The van der Waals surface area contributed by atoms with Crippen LogP contribution in [0.1, 0.15) is 18.9 Å². The number of hydrogen-bond donors (Lipinski definition) is 2. The number of nitrogens with zero attached hydrogens (tertiary/aromatic N) is 1. The molecule has 0 saturated carbocycles. The first kappa shape index (κ1) is 14.0. The number of rotatable bonds is 6. The van der Waals surface area contributed by atoms with Crippen molar-refractivity contribution in [3.8, 4) is 0 Å². The minimum atomic E-state index is -0.565. The quantitative estimate of drug-likeness (QED) is 0.797. The van der Waals surface area contributed by atoms with Crippen LogP contribution in [-0.2, 0) is 11.2 Å². The molecular formula is C15H22N2O2. The zero-order valence-electron chi connectivity index (χ0n) is 11.4. The van der Waals surface area contributed by atoms with Gasteiger partial charge in [-0.2, -0.15) is 0 Å². The van der Waals surface area contributed by atoms with Crippen molar-refractivity contribution in [3.63, 3.8) is 0 Å². The number of benzene rings is 1. The highest BCUT2D eigenvalue weighted by Gasteiger charge is 2.39. The van der Waals surface area contributed by atoms with Gasteiger partial charge in [-0.25, -0.2) is 0 Å². The average Bonchev–Trinajstić information content (AvgIpc) is 2.38. The molecule has 2 rings (SSSR count). The summed E-state index contributed by atoms with van der Waals surface area (Å²) in [6, 6.07) is 10.1. The molecule has 1 amide bonds. The van der Waals surface area contributed by atoms with Gasteiger partial charge in [-0.05, 0) is 18.4 Å². The molecule has 2 N–H and O–H groups in total. The van der Waals surface area contributed by atoms with Crippen molar-refractivity contribution in [2.45, 2.75) is 25.4 Å². The van der Waals surface area contributed by atoms with E-state index in [1.54, 1.807) is 0 Å². The van der Waals surface area contributed by atoms with E-state index in [1.807, 2.05) is 30.0 Å². The maximum absolute atomic E-state index is 11.7. The van der Waals surface area contributed by atoms with Gasteiger partial charge in [-0.3, -0.25) is 9.69 Å². The Morgan fingerprint density at radius 2 is 2.05 bits per heavy atom. The molecule has 1 aliphatic heterocycles. The van der Waals surface area contributed by atoms with Crippen LogP contribution in [0.5, 0.6) is 0 Å². The first-order valence-corrected chi connectivity index (χ1v) is 6.87. The van der Waals surface area contributed by atoms with Gasteiger partial charge in [0, 0.05) is 19.6 Å². The third kappa shape index (κ3) is 4.04. The molecule has 0 aliphatic carbocycles. The minimum absolute atomic E-state index is 0.0362. The summed E-state index contributed by atoms with van der Waals surface area (Å²) in [4.78, 5) is 13.7. The van der Waals surface area contributed by atoms with Crippen molar-refractivity contribution >= 4 is 5.91 Å². The van der Waals surface area contributed by atoms with Gasteiger partial charge in [0.25, 0.3) is 0 Å². The van der Waals surface area contributed by atoms with Gasteiger partial charge in [-0.1, -0.05) is 37.3 Å². The molecule has 4 nitrogen and oxygen atoms in total. The van der Waals surface area contributed by atoms with E-state index in [0.717, 1.165) is 12.8 Å². The van der Waals surface area contributed by atoms with E-state index >= 15 is 0 Å². The van der Waals surface area contributed by atoms with Gasteiger partial charge in [0.1, 0.15) is 0 Å². The smallest absolute Gasteiger partial charge is 0.234 e. The maximum Gasteiger partial charge on any atom is 0.234 e. The van der Waals surface area contributed by atoms with Crippen LogP contribution in [-0.4, -0.2) is 47.7 Å². The molecule has 1 heterocycles. The molecule has 0 spiro atoms. The summed E-state index contributed by atoms with van der Waals surface area (Å²) in [5.74, 6) is 0.0362. The molecule has 0 aromatic heterocycles. The Kier molecular flexibility index (Phi) is 4.56. The summed E-state index contributed by atoms with van der Waals surface area (Å²) in [5, 5.41) is 12.8. The summed E-state index contributed by atoms with van der Waals surface area (Å²) in [6.07, 6.45) is 1.60. The molecule has 1 aromatic rings. The molecule has 104 valence electrons. The van der Waals surface area contributed by atoms with Gasteiger partial charge in [-0.15, -0.1) is 0 Å². The molecule has 19 heavy (non-hydrogen) atoms. The van der Waals surface area contributed by atoms with Crippen molar-refractivity contribution in [3.05, 3.63) is 35.9 Å². The van der Waals surface area contributed by atoms with Crippen molar-refractivity contribution < 1.29 is 9.90 Å². The largest absolute Gasteiger partial charge is 0.387 e. The van der Waals surface area contributed by atoms with Crippen LogP contribution in [0.15, 0.2) is 30.3 Å². The number of amides is 1. The van der Waals surface area contributed by atoms with E-state index in [9.17, 15) is 9.90 Å². The molecule has 4 heteroatoms. The first-order chi connectivity index (χ1) is 9.11. The molecule has 1 fully saturated rings.